The average Bonchev–Trinajstić information content (AvgIpc) is 3.30. The Bertz CT molecular complexity index is 916. The minimum Gasteiger partial charge on any atom is -0.463 e. The zero-order valence-electron chi connectivity index (χ0n) is 14.4. The smallest absolute Gasteiger partial charge is 0.271 e. The highest BCUT2D eigenvalue weighted by molar-refractivity contribution is 5.99. The number of nitrogens with zero attached hydrogens (tertiary/aromatic N) is 3. The molecule has 0 spiro atoms. The van der Waals surface area contributed by atoms with E-state index in [0.29, 0.717) is 24.5 Å². The molecule has 0 saturated heterocycles. The topological polar surface area (TPSA) is 128 Å². The Balaban J connectivity index is 1.94. The van der Waals surface area contributed by atoms with Gasteiger partial charge < -0.3 is 20.8 Å². The number of carbonyl (C=O) groups excluding carboxylic acids is 2. The number of nitrogens with two attached hydrogens (primary N) is 1. The van der Waals surface area contributed by atoms with Gasteiger partial charge in [0.2, 0.25) is 0 Å². The summed E-state index contributed by atoms with van der Waals surface area (Å²) >= 11 is 0. The fraction of sp³-hybridized carbons (Fsp3) is 0.294. The monoisotopic (exact) mass is 356 g/mol. The van der Waals surface area contributed by atoms with E-state index in [9.17, 15) is 9.59 Å². The van der Waals surface area contributed by atoms with Crippen LogP contribution >= 0.6 is 0 Å². The molecule has 9 heteroatoms. The minimum absolute atomic E-state index is 0.00271. The lowest BCUT2D eigenvalue weighted by Crippen LogP contribution is -2.32. The number of fused-ring (bicyclic) bond motifs is 1. The van der Waals surface area contributed by atoms with Crippen LogP contribution in [0.25, 0.3) is 17.1 Å². The van der Waals surface area contributed by atoms with Gasteiger partial charge in [0.05, 0.1) is 12.0 Å². The molecule has 0 aromatic carbocycles. The van der Waals surface area contributed by atoms with Crippen molar-refractivity contribution in [3.8, 4) is 11.5 Å². The summed E-state index contributed by atoms with van der Waals surface area (Å²) in [5.74, 6) is -0.550. The Hall–Kier alpha value is -3.20. The van der Waals surface area contributed by atoms with Crippen molar-refractivity contribution >= 4 is 17.5 Å². The third-order valence-electron chi connectivity index (χ3n) is 3.76. The van der Waals surface area contributed by atoms with Crippen molar-refractivity contribution in [2.75, 3.05) is 19.6 Å². The maximum absolute atomic E-state index is 12.5. The van der Waals surface area contributed by atoms with E-state index in [1.807, 2.05) is 0 Å². The van der Waals surface area contributed by atoms with Crippen molar-refractivity contribution in [1.29, 1.82) is 0 Å². The predicted octanol–water partition coefficient (Wildman–Crippen LogP) is 0.818. The molecule has 0 aliphatic heterocycles. The summed E-state index contributed by atoms with van der Waals surface area (Å²) in [7, 11) is 0. The van der Waals surface area contributed by atoms with Crippen molar-refractivity contribution in [1.82, 2.24) is 25.0 Å². The van der Waals surface area contributed by atoms with Gasteiger partial charge in [0.15, 0.2) is 17.1 Å². The van der Waals surface area contributed by atoms with Crippen LogP contribution in [0.15, 0.2) is 35.2 Å². The standard InChI is InChI=1S/C17H20N6O3/c1-2-5-19-6-7-20-17(25)11-9-12(13-4-3-8-26-13)23-10-21-14(15(18)24)16(23)22-11/h3-4,8-10,19H,2,5-7H2,1H3,(H2,18,24)(H,20,25). The first kappa shape index (κ1) is 17.6. The van der Waals surface area contributed by atoms with E-state index in [4.69, 9.17) is 10.2 Å². The molecular formula is C17H20N6O3. The third kappa shape index (κ3) is 3.57. The third-order valence-corrected chi connectivity index (χ3v) is 3.76. The van der Waals surface area contributed by atoms with Crippen LogP contribution in [-0.2, 0) is 0 Å². The molecule has 0 radical (unpaired) electrons. The molecular weight excluding hydrogens is 336 g/mol. The first-order valence-corrected chi connectivity index (χ1v) is 8.32. The van der Waals surface area contributed by atoms with Gasteiger partial charge in [-0.2, -0.15) is 0 Å². The highest BCUT2D eigenvalue weighted by atomic mass is 16.3. The molecule has 2 amide bonds. The lowest BCUT2D eigenvalue weighted by Gasteiger charge is -2.09. The van der Waals surface area contributed by atoms with Gasteiger partial charge in [0.25, 0.3) is 11.8 Å². The van der Waals surface area contributed by atoms with Crippen LogP contribution in [0, 0.1) is 0 Å². The van der Waals surface area contributed by atoms with Crippen LogP contribution in [0.5, 0.6) is 0 Å². The highest BCUT2D eigenvalue weighted by Crippen LogP contribution is 2.23. The summed E-state index contributed by atoms with van der Waals surface area (Å²) in [4.78, 5) is 32.3. The number of amides is 2. The van der Waals surface area contributed by atoms with Crippen molar-refractivity contribution < 1.29 is 14.0 Å². The number of furan rings is 1. The molecule has 0 fully saturated rings. The van der Waals surface area contributed by atoms with Crippen LogP contribution in [-0.4, -0.2) is 45.8 Å². The molecule has 0 aliphatic carbocycles. The van der Waals surface area contributed by atoms with E-state index in [-0.39, 0.29) is 22.9 Å². The second-order valence-electron chi connectivity index (χ2n) is 5.66. The Morgan fingerprint density at radius 3 is 2.85 bits per heavy atom. The molecule has 4 N–H and O–H groups in total. The second kappa shape index (κ2) is 7.79. The number of nitrogens with one attached hydrogen (secondary N) is 2. The molecule has 0 unspecified atom stereocenters. The molecule has 136 valence electrons. The quantitative estimate of drug-likeness (QED) is 0.513. The zero-order chi connectivity index (χ0) is 18.5. The fourth-order valence-corrected chi connectivity index (χ4v) is 2.53. The largest absolute Gasteiger partial charge is 0.463 e. The maximum Gasteiger partial charge on any atom is 0.271 e. The lowest BCUT2D eigenvalue weighted by atomic mass is 10.2. The van der Waals surface area contributed by atoms with Crippen molar-refractivity contribution in [2.45, 2.75) is 13.3 Å². The van der Waals surface area contributed by atoms with Crippen LogP contribution in [0.2, 0.25) is 0 Å². The summed E-state index contributed by atoms with van der Waals surface area (Å²) in [6.45, 7) is 4.08. The molecule has 3 aromatic heterocycles. The highest BCUT2D eigenvalue weighted by Gasteiger charge is 2.19. The number of primary amides is 1. The van der Waals surface area contributed by atoms with E-state index in [1.54, 1.807) is 22.6 Å². The normalized spacial score (nSPS) is 11.0. The lowest BCUT2D eigenvalue weighted by molar-refractivity contribution is 0.0947. The molecule has 3 aromatic rings. The number of carbonyl (C=O) groups is 2. The summed E-state index contributed by atoms with van der Waals surface area (Å²) in [5.41, 5.74) is 6.27. The molecule has 3 heterocycles. The fourth-order valence-electron chi connectivity index (χ4n) is 2.53. The van der Waals surface area contributed by atoms with E-state index in [1.165, 1.54) is 12.6 Å². The van der Waals surface area contributed by atoms with Crippen molar-refractivity contribution in [3.05, 3.63) is 42.2 Å². The van der Waals surface area contributed by atoms with Gasteiger partial charge in [-0.1, -0.05) is 6.92 Å². The van der Waals surface area contributed by atoms with Gasteiger partial charge in [-0.25, -0.2) is 9.97 Å². The molecule has 0 bridgehead atoms. The van der Waals surface area contributed by atoms with Crippen LogP contribution < -0.4 is 16.4 Å². The average molecular weight is 356 g/mol. The summed E-state index contributed by atoms with van der Waals surface area (Å²) in [6.07, 6.45) is 3.97. The molecule has 9 nitrogen and oxygen atoms in total. The molecule has 26 heavy (non-hydrogen) atoms. The first-order valence-electron chi connectivity index (χ1n) is 8.32. The number of hydrogen-bond donors (Lipinski definition) is 3. The predicted molar refractivity (Wildman–Crippen MR) is 94.7 cm³/mol. The summed E-state index contributed by atoms with van der Waals surface area (Å²) in [6, 6.07) is 5.06. The van der Waals surface area contributed by atoms with Crippen molar-refractivity contribution in [2.24, 2.45) is 5.73 Å². The van der Waals surface area contributed by atoms with Gasteiger partial charge in [0, 0.05) is 13.1 Å². The molecule has 0 saturated carbocycles. The van der Waals surface area contributed by atoms with E-state index < -0.39 is 5.91 Å². The van der Waals surface area contributed by atoms with Gasteiger partial charge in [-0.15, -0.1) is 0 Å². The number of imidazole rings is 1. The molecule has 0 aliphatic rings. The molecule has 3 rings (SSSR count). The van der Waals surface area contributed by atoms with Crippen LogP contribution in [0.4, 0.5) is 0 Å². The van der Waals surface area contributed by atoms with Crippen molar-refractivity contribution in [3.63, 3.8) is 0 Å². The van der Waals surface area contributed by atoms with Crippen LogP contribution in [0.3, 0.4) is 0 Å². The van der Waals surface area contributed by atoms with Gasteiger partial charge in [0.1, 0.15) is 12.0 Å². The maximum atomic E-state index is 12.5. The van der Waals surface area contributed by atoms with E-state index in [0.717, 1.165) is 13.0 Å². The summed E-state index contributed by atoms with van der Waals surface area (Å²) in [5, 5.41) is 6.00. The minimum atomic E-state index is -0.716. The Morgan fingerprint density at radius 1 is 1.31 bits per heavy atom. The van der Waals surface area contributed by atoms with E-state index in [2.05, 4.69) is 27.5 Å². The summed E-state index contributed by atoms with van der Waals surface area (Å²) < 4.78 is 6.99. The SMILES string of the molecule is CCCNCCNC(=O)c1cc(-c2ccco2)n2cnc(C(N)=O)c2n1. The second-order valence-corrected chi connectivity index (χ2v) is 5.66. The van der Waals surface area contributed by atoms with E-state index >= 15 is 0 Å². The van der Waals surface area contributed by atoms with Gasteiger partial charge in [-0.3, -0.25) is 14.0 Å². The van der Waals surface area contributed by atoms with Gasteiger partial charge in [-0.05, 0) is 31.2 Å². The number of aromatic nitrogens is 3. The number of hydrogen-bond acceptors (Lipinski definition) is 6. The van der Waals surface area contributed by atoms with Crippen LogP contribution in [0.1, 0.15) is 34.3 Å². The number of rotatable bonds is 8. The first-order chi connectivity index (χ1) is 12.6. The molecule has 0 atom stereocenters. The van der Waals surface area contributed by atoms with Gasteiger partial charge >= 0.3 is 0 Å². The Morgan fingerprint density at radius 2 is 2.15 bits per heavy atom. The zero-order valence-corrected chi connectivity index (χ0v) is 14.4. The Kier molecular flexibility index (Phi) is 5.28. The Labute approximate surface area is 149 Å².